The van der Waals surface area contributed by atoms with Crippen LogP contribution in [0.2, 0.25) is 0 Å². The van der Waals surface area contributed by atoms with Crippen molar-refractivity contribution in [2.24, 2.45) is 5.92 Å². The Labute approximate surface area is 248 Å². The summed E-state index contributed by atoms with van der Waals surface area (Å²) in [6.07, 6.45) is 6.47. The molecule has 42 heavy (non-hydrogen) atoms. The van der Waals surface area contributed by atoms with Gasteiger partial charge >= 0.3 is 0 Å². The van der Waals surface area contributed by atoms with Gasteiger partial charge in [-0.2, -0.15) is 8.42 Å². The van der Waals surface area contributed by atoms with Gasteiger partial charge in [0.2, 0.25) is 0 Å². The minimum Gasteiger partial charge on any atom is -0.491 e. The quantitative estimate of drug-likeness (QED) is 0.221. The maximum Gasteiger partial charge on any atom is 0.268 e. The van der Waals surface area contributed by atoms with Gasteiger partial charge < -0.3 is 4.74 Å². The second kappa shape index (κ2) is 12.5. The molecule has 2 aromatic carbocycles. The van der Waals surface area contributed by atoms with E-state index < -0.39 is 32.7 Å². The van der Waals surface area contributed by atoms with E-state index in [1.807, 2.05) is 45.0 Å². The summed E-state index contributed by atoms with van der Waals surface area (Å²) in [7, 11) is -4.44. The third-order valence-corrected chi connectivity index (χ3v) is 9.28. The standard InChI is InChI=1S/C34H39FO6S/c1-21(2)41-25-15-11-23(12-16-25)13-17-28(33(37)27-18-19-31(27)42(38,39)40)32(26-8-6-7-9-30(26)36)29-20-24(34(4,5)35)14-10-22(29)3/h6-8,10-12,14-16,20-21,27,31H,9,13,17-19H2,1-5H3,(H,38,39,40)/b32-28+. The number of ether oxygens (including phenoxy) is 1. The van der Waals surface area contributed by atoms with Crippen LogP contribution in [0.4, 0.5) is 4.39 Å². The van der Waals surface area contributed by atoms with E-state index in [2.05, 4.69) is 0 Å². The lowest BCUT2D eigenvalue weighted by atomic mass is 9.74. The Hall–Kier alpha value is -3.36. The predicted octanol–water partition coefficient (Wildman–Crippen LogP) is 7.06. The van der Waals surface area contributed by atoms with Gasteiger partial charge in [0.25, 0.3) is 10.1 Å². The molecule has 0 radical (unpaired) electrons. The molecule has 2 aromatic rings. The van der Waals surface area contributed by atoms with Crippen LogP contribution in [0.25, 0.3) is 5.57 Å². The lowest BCUT2D eigenvalue weighted by Crippen LogP contribution is -2.43. The second-order valence-electron chi connectivity index (χ2n) is 11.9. The highest BCUT2D eigenvalue weighted by Crippen LogP contribution is 2.41. The molecule has 1 fully saturated rings. The summed E-state index contributed by atoms with van der Waals surface area (Å²) in [5, 5.41) is -1.19. The highest BCUT2D eigenvalue weighted by atomic mass is 32.2. The first-order valence-electron chi connectivity index (χ1n) is 14.4. The molecule has 0 amide bonds. The topological polar surface area (TPSA) is 97.7 Å². The van der Waals surface area contributed by atoms with Gasteiger partial charge in [0.05, 0.1) is 11.4 Å². The third kappa shape index (κ3) is 7.16. The van der Waals surface area contributed by atoms with E-state index in [0.717, 1.165) is 16.9 Å². The maximum atomic E-state index is 15.1. The monoisotopic (exact) mass is 594 g/mol. The molecule has 0 spiro atoms. The molecule has 224 valence electrons. The van der Waals surface area contributed by atoms with Gasteiger partial charge in [0.1, 0.15) is 11.4 Å². The Morgan fingerprint density at radius 3 is 2.36 bits per heavy atom. The average molecular weight is 595 g/mol. The Morgan fingerprint density at radius 1 is 1.12 bits per heavy atom. The number of carbonyl (C=O) groups excluding carboxylic acids is 2. The normalized spacial score (nSPS) is 19.7. The number of halogens is 1. The Kier molecular flexibility index (Phi) is 9.38. The molecule has 0 aromatic heterocycles. The number of alkyl halides is 1. The van der Waals surface area contributed by atoms with Crippen molar-refractivity contribution >= 4 is 27.3 Å². The summed E-state index contributed by atoms with van der Waals surface area (Å²) in [4.78, 5) is 27.6. The van der Waals surface area contributed by atoms with E-state index in [9.17, 15) is 22.6 Å². The van der Waals surface area contributed by atoms with Crippen LogP contribution < -0.4 is 4.74 Å². The Bertz CT molecular complexity index is 1560. The third-order valence-electron chi connectivity index (χ3n) is 7.95. The number of hydrogen-bond donors (Lipinski definition) is 1. The highest BCUT2D eigenvalue weighted by Gasteiger charge is 2.45. The highest BCUT2D eigenvalue weighted by molar-refractivity contribution is 7.86. The molecule has 0 saturated heterocycles. The molecule has 0 heterocycles. The van der Waals surface area contributed by atoms with Crippen LogP contribution in [-0.2, 0) is 31.8 Å². The minimum absolute atomic E-state index is 0.0208. The number of benzene rings is 2. The molecule has 2 aliphatic carbocycles. The van der Waals surface area contributed by atoms with E-state index in [4.69, 9.17) is 4.74 Å². The fourth-order valence-electron chi connectivity index (χ4n) is 5.49. The smallest absolute Gasteiger partial charge is 0.268 e. The molecular formula is C34H39FO6S. The summed E-state index contributed by atoms with van der Waals surface area (Å²) >= 11 is 0. The Morgan fingerprint density at radius 2 is 1.81 bits per heavy atom. The molecule has 8 heteroatoms. The lowest BCUT2D eigenvalue weighted by Gasteiger charge is -2.34. The lowest BCUT2D eigenvalue weighted by molar-refractivity contribution is -0.121. The first-order chi connectivity index (χ1) is 19.7. The van der Waals surface area contributed by atoms with Gasteiger partial charge in [-0.25, -0.2) is 4.39 Å². The van der Waals surface area contributed by atoms with Crippen molar-refractivity contribution < 1.29 is 31.7 Å². The number of aryl methyl sites for hydroxylation is 2. The summed E-state index contributed by atoms with van der Waals surface area (Å²) in [6, 6.07) is 12.7. The van der Waals surface area contributed by atoms with Gasteiger partial charge in [-0.1, -0.05) is 42.5 Å². The van der Waals surface area contributed by atoms with E-state index in [1.165, 1.54) is 13.8 Å². The summed E-state index contributed by atoms with van der Waals surface area (Å²) in [5.74, 6) is -0.802. The van der Waals surface area contributed by atoms with E-state index >= 15 is 4.39 Å². The number of allylic oxidation sites excluding steroid dienone is 6. The molecule has 1 saturated carbocycles. The fraction of sp³-hybridized carbons (Fsp3) is 0.412. The first kappa shape index (κ1) is 31.6. The van der Waals surface area contributed by atoms with E-state index in [-0.39, 0.29) is 31.1 Å². The molecular weight excluding hydrogens is 555 g/mol. The van der Waals surface area contributed by atoms with Crippen LogP contribution in [0.5, 0.6) is 5.75 Å². The summed E-state index contributed by atoms with van der Waals surface area (Å²) < 4.78 is 54.9. The second-order valence-corrected chi connectivity index (χ2v) is 13.5. The minimum atomic E-state index is -4.44. The molecule has 1 N–H and O–H groups in total. The number of hydrogen-bond acceptors (Lipinski definition) is 5. The molecule has 0 bridgehead atoms. The number of ketones is 2. The average Bonchev–Trinajstić information content (AvgIpc) is 2.86. The number of carbonyl (C=O) groups is 2. The molecule has 0 aliphatic heterocycles. The van der Waals surface area contributed by atoms with Crippen LogP contribution in [0.15, 0.2) is 71.8 Å². The van der Waals surface area contributed by atoms with Crippen LogP contribution in [0.3, 0.4) is 0 Å². The zero-order valence-electron chi connectivity index (χ0n) is 24.8. The van der Waals surface area contributed by atoms with Crippen molar-refractivity contribution in [3.63, 3.8) is 0 Å². The van der Waals surface area contributed by atoms with Gasteiger partial charge in [0.15, 0.2) is 11.6 Å². The van der Waals surface area contributed by atoms with Crippen molar-refractivity contribution in [3.8, 4) is 5.75 Å². The van der Waals surface area contributed by atoms with Crippen LogP contribution in [0.1, 0.15) is 75.6 Å². The van der Waals surface area contributed by atoms with Crippen molar-refractivity contribution in [1.29, 1.82) is 0 Å². The van der Waals surface area contributed by atoms with Crippen molar-refractivity contribution in [2.45, 2.75) is 83.7 Å². The fourth-order valence-corrected chi connectivity index (χ4v) is 6.60. The number of Topliss-reactive ketones (excluding diaryl/α,β-unsaturated/α-hetero) is 2. The largest absolute Gasteiger partial charge is 0.491 e. The maximum absolute atomic E-state index is 15.1. The summed E-state index contributed by atoms with van der Waals surface area (Å²) in [5.41, 5.74) is 2.00. The molecule has 4 rings (SSSR count). The Balaban J connectivity index is 1.90. The van der Waals surface area contributed by atoms with Gasteiger partial charge in [0, 0.05) is 23.5 Å². The molecule has 2 aliphatic rings. The van der Waals surface area contributed by atoms with Gasteiger partial charge in [-0.3, -0.25) is 14.1 Å². The van der Waals surface area contributed by atoms with Gasteiger partial charge in [-0.15, -0.1) is 0 Å². The van der Waals surface area contributed by atoms with Crippen LogP contribution in [0, 0.1) is 12.8 Å². The molecule has 2 unspecified atom stereocenters. The van der Waals surface area contributed by atoms with Crippen molar-refractivity contribution in [3.05, 3.63) is 94.1 Å². The number of rotatable bonds is 11. The van der Waals surface area contributed by atoms with Crippen molar-refractivity contribution in [2.75, 3.05) is 0 Å². The zero-order valence-corrected chi connectivity index (χ0v) is 25.6. The SMILES string of the molecule is Cc1ccc(C(C)(C)F)cc1/C(C1=CC=CCC1=O)=C(\CCc1ccc(OC(C)C)cc1)C(=O)C1CCC1S(=O)(=O)O. The van der Waals surface area contributed by atoms with Crippen LogP contribution >= 0.6 is 0 Å². The predicted molar refractivity (Wildman–Crippen MR) is 163 cm³/mol. The van der Waals surface area contributed by atoms with E-state index in [1.54, 1.807) is 36.4 Å². The van der Waals surface area contributed by atoms with E-state index in [0.29, 0.717) is 40.7 Å². The first-order valence-corrected chi connectivity index (χ1v) is 15.9. The van der Waals surface area contributed by atoms with Crippen molar-refractivity contribution in [1.82, 2.24) is 0 Å². The van der Waals surface area contributed by atoms with Crippen LogP contribution in [-0.4, -0.2) is 35.9 Å². The summed E-state index contributed by atoms with van der Waals surface area (Å²) in [6.45, 7) is 8.62. The molecule has 6 nitrogen and oxygen atoms in total. The molecule has 2 atom stereocenters. The zero-order chi connectivity index (χ0) is 30.8. The van der Waals surface area contributed by atoms with Gasteiger partial charge in [-0.05, 0) is 106 Å².